The van der Waals surface area contributed by atoms with Crippen LogP contribution in [0.1, 0.15) is 16.9 Å². The maximum atomic E-state index is 12.4. The average molecular weight is 331 g/mol. The van der Waals surface area contributed by atoms with Crippen molar-refractivity contribution in [3.05, 3.63) is 47.4 Å². The van der Waals surface area contributed by atoms with E-state index < -0.39 is 0 Å². The fraction of sp³-hybridized carbons (Fsp3) is 0.389. The summed E-state index contributed by atoms with van der Waals surface area (Å²) in [4.78, 5) is 14.3. The standard InChI is InChI=1S/C18H22N2O4/c1-22-16-8-13-5-6-20(12-14(13)9-17(16)23-2)18(21)11-19-10-15-4-3-7-24-15/h3-4,7-9,19H,5-6,10-12H2,1-2H3/p+1. The zero-order valence-electron chi connectivity index (χ0n) is 14.1. The summed E-state index contributed by atoms with van der Waals surface area (Å²) in [6.07, 6.45) is 2.48. The number of rotatable bonds is 6. The van der Waals surface area contributed by atoms with Crippen LogP contribution in [0.4, 0.5) is 0 Å². The largest absolute Gasteiger partial charge is 0.493 e. The Morgan fingerprint density at radius 3 is 2.67 bits per heavy atom. The van der Waals surface area contributed by atoms with Crippen LogP contribution >= 0.6 is 0 Å². The molecule has 2 heterocycles. The van der Waals surface area contributed by atoms with Gasteiger partial charge in [0.15, 0.2) is 23.8 Å². The van der Waals surface area contributed by atoms with Crippen molar-refractivity contribution in [2.24, 2.45) is 0 Å². The molecule has 6 heteroatoms. The molecule has 1 aliphatic rings. The number of methoxy groups -OCH3 is 2. The summed E-state index contributed by atoms with van der Waals surface area (Å²) in [5.41, 5.74) is 2.34. The van der Waals surface area contributed by atoms with Crippen LogP contribution in [0.15, 0.2) is 34.9 Å². The molecule has 1 aromatic heterocycles. The van der Waals surface area contributed by atoms with E-state index in [1.165, 1.54) is 5.56 Å². The van der Waals surface area contributed by atoms with Gasteiger partial charge in [-0.05, 0) is 41.8 Å². The highest BCUT2D eigenvalue weighted by atomic mass is 16.5. The Kier molecular flexibility index (Phi) is 5.05. The molecule has 1 aliphatic heterocycles. The summed E-state index contributed by atoms with van der Waals surface area (Å²) in [5.74, 6) is 2.46. The highest BCUT2D eigenvalue weighted by molar-refractivity contribution is 5.77. The molecule has 3 rings (SSSR count). The number of nitrogens with two attached hydrogens (primary N) is 1. The zero-order valence-corrected chi connectivity index (χ0v) is 14.1. The highest BCUT2D eigenvalue weighted by Gasteiger charge is 2.23. The molecule has 0 fully saturated rings. The molecule has 0 saturated carbocycles. The quantitative estimate of drug-likeness (QED) is 0.855. The second-order valence-corrected chi connectivity index (χ2v) is 5.82. The molecule has 6 nitrogen and oxygen atoms in total. The van der Waals surface area contributed by atoms with E-state index in [1.807, 2.05) is 34.5 Å². The minimum Gasteiger partial charge on any atom is -0.493 e. The second kappa shape index (κ2) is 7.40. The highest BCUT2D eigenvalue weighted by Crippen LogP contribution is 2.33. The minimum atomic E-state index is 0.141. The number of hydrogen-bond donors (Lipinski definition) is 1. The first kappa shape index (κ1) is 16.4. The maximum Gasteiger partial charge on any atom is 0.278 e. The van der Waals surface area contributed by atoms with Crippen molar-refractivity contribution < 1.29 is 24.0 Å². The molecule has 0 unspecified atom stereocenters. The molecular formula is C18H23N2O4+. The topological polar surface area (TPSA) is 68.5 Å². The lowest BCUT2D eigenvalue weighted by Gasteiger charge is -2.29. The van der Waals surface area contributed by atoms with Crippen molar-refractivity contribution >= 4 is 5.91 Å². The van der Waals surface area contributed by atoms with Gasteiger partial charge in [0.05, 0.1) is 20.5 Å². The van der Waals surface area contributed by atoms with Crippen molar-refractivity contribution in [3.8, 4) is 11.5 Å². The monoisotopic (exact) mass is 331 g/mol. The lowest BCUT2D eigenvalue weighted by atomic mass is 9.98. The van der Waals surface area contributed by atoms with Gasteiger partial charge in [-0.3, -0.25) is 4.79 Å². The first-order chi connectivity index (χ1) is 11.7. The van der Waals surface area contributed by atoms with Crippen molar-refractivity contribution in [3.63, 3.8) is 0 Å². The van der Waals surface area contributed by atoms with Crippen LogP contribution in [-0.2, 0) is 24.3 Å². The Morgan fingerprint density at radius 1 is 1.25 bits per heavy atom. The lowest BCUT2D eigenvalue weighted by molar-refractivity contribution is -0.662. The van der Waals surface area contributed by atoms with Crippen molar-refractivity contribution in [2.45, 2.75) is 19.5 Å². The minimum absolute atomic E-state index is 0.141. The number of ether oxygens (including phenoxy) is 2. The van der Waals surface area contributed by atoms with Gasteiger partial charge in [-0.15, -0.1) is 0 Å². The van der Waals surface area contributed by atoms with E-state index >= 15 is 0 Å². The van der Waals surface area contributed by atoms with Gasteiger partial charge in [-0.25, -0.2) is 0 Å². The Balaban J connectivity index is 1.60. The smallest absolute Gasteiger partial charge is 0.278 e. The van der Waals surface area contributed by atoms with Crippen LogP contribution in [0.25, 0.3) is 0 Å². The Morgan fingerprint density at radius 2 is 2.00 bits per heavy atom. The van der Waals surface area contributed by atoms with Crippen molar-refractivity contribution in [1.82, 2.24) is 4.90 Å². The molecule has 0 bridgehead atoms. The molecule has 2 aromatic rings. The first-order valence-electron chi connectivity index (χ1n) is 8.07. The second-order valence-electron chi connectivity index (χ2n) is 5.82. The number of carbonyl (C=O) groups is 1. The van der Waals surface area contributed by atoms with Crippen molar-refractivity contribution in [2.75, 3.05) is 27.3 Å². The number of benzene rings is 1. The Labute approximate surface area is 141 Å². The van der Waals surface area contributed by atoms with E-state index in [4.69, 9.17) is 13.9 Å². The van der Waals surface area contributed by atoms with E-state index in [9.17, 15) is 4.79 Å². The summed E-state index contributed by atoms with van der Waals surface area (Å²) in [6, 6.07) is 7.76. The van der Waals surface area contributed by atoms with E-state index in [2.05, 4.69) is 0 Å². The van der Waals surface area contributed by atoms with E-state index in [-0.39, 0.29) is 5.91 Å². The molecule has 0 radical (unpaired) electrons. The van der Waals surface area contributed by atoms with Crippen LogP contribution in [0, 0.1) is 0 Å². The van der Waals surface area contributed by atoms with Crippen LogP contribution < -0.4 is 14.8 Å². The summed E-state index contributed by atoms with van der Waals surface area (Å²) in [6.45, 7) is 2.44. The van der Waals surface area contributed by atoms with Gasteiger partial charge in [0.2, 0.25) is 0 Å². The lowest BCUT2D eigenvalue weighted by Crippen LogP contribution is -2.85. The van der Waals surface area contributed by atoms with Crippen molar-refractivity contribution in [1.29, 1.82) is 0 Å². The van der Waals surface area contributed by atoms with E-state index in [1.54, 1.807) is 20.5 Å². The summed E-state index contributed by atoms with van der Waals surface area (Å²) >= 11 is 0. The van der Waals surface area contributed by atoms with Crippen LogP contribution in [0.3, 0.4) is 0 Å². The number of furan rings is 1. The number of hydrogen-bond acceptors (Lipinski definition) is 4. The molecule has 1 aromatic carbocycles. The van der Waals surface area contributed by atoms with Gasteiger partial charge in [0, 0.05) is 13.1 Å². The van der Waals surface area contributed by atoms with E-state index in [0.29, 0.717) is 25.4 Å². The van der Waals surface area contributed by atoms with E-state index in [0.717, 1.165) is 30.0 Å². The maximum absolute atomic E-state index is 12.4. The molecule has 0 aliphatic carbocycles. The van der Waals surface area contributed by atoms with Crippen LogP contribution in [0.5, 0.6) is 11.5 Å². The summed E-state index contributed by atoms with van der Waals surface area (Å²) < 4.78 is 16.0. The van der Waals surface area contributed by atoms with Gasteiger partial charge < -0.3 is 24.1 Å². The van der Waals surface area contributed by atoms with Gasteiger partial charge in [-0.2, -0.15) is 0 Å². The Hall–Kier alpha value is -2.47. The fourth-order valence-corrected chi connectivity index (χ4v) is 2.99. The third-order valence-electron chi connectivity index (χ3n) is 4.32. The van der Waals surface area contributed by atoms with Gasteiger partial charge in [-0.1, -0.05) is 0 Å². The number of fused-ring (bicyclic) bond motifs is 1. The molecule has 0 atom stereocenters. The van der Waals surface area contributed by atoms with Gasteiger partial charge in [0.25, 0.3) is 5.91 Å². The third kappa shape index (κ3) is 3.54. The van der Waals surface area contributed by atoms with Crippen LogP contribution in [0.2, 0.25) is 0 Å². The number of amides is 1. The van der Waals surface area contributed by atoms with Gasteiger partial charge in [0.1, 0.15) is 6.54 Å². The molecule has 0 spiro atoms. The Bertz CT molecular complexity index is 697. The summed E-state index contributed by atoms with van der Waals surface area (Å²) in [5, 5.41) is 1.96. The predicted octanol–water partition coefficient (Wildman–Crippen LogP) is 0.945. The average Bonchev–Trinajstić information content (AvgIpc) is 3.13. The normalized spacial score (nSPS) is 13.5. The predicted molar refractivity (Wildman–Crippen MR) is 87.9 cm³/mol. The fourth-order valence-electron chi connectivity index (χ4n) is 2.99. The molecule has 24 heavy (non-hydrogen) atoms. The molecule has 1 amide bonds. The molecule has 0 saturated heterocycles. The molecule has 2 N–H and O–H groups in total. The SMILES string of the molecule is COc1cc2c(cc1OC)CN(C(=O)C[NH2+]Cc1ccco1)CC2. The zero-order chi connectivity index (χ0) is 16.9. The molecular weight excluding hydrogens is 308 g/mol. The number of carbonyl (C=O) groups excluding carboxylic acids is 1. The summed E-state index contributed by atoms with van der Waals surface area (Å²) in [7, 11) is 3.26. The van der Waals surface area contributed by atoms with Gasteiger partial charge >= 0.3 is 0 Å². The number of quaternary nitrogens is 1. The van der Waals surface area contributed by atoms with Crippen LogP contribution in [-0.4, -0.2) is 38.1 Å². The third-order valence-corrected chi connectivity index (χ3v) is 4.32. The first-order valence-corrected chi connectivity index (χ1v) is 8.07. The molecule has 128 valence electrons. The number of nitrogens with zero attached hydrogens (tertiary/aromatic N) is 1.